The zero-order valence-corrected chi connectivity index (χ0v) is 15.0. The second-order valence-electron chi connectivity index (χ2n) is 5.87. The molecule has 1 saturated heterocycles. The largest absolute Gasteiger partial charge is 0.450 e. The van der Waals surface area contributed by atoms with Crippen molar-refractivity contribution in [1.82, 2.24) is 14.6 Å². The number of fused-ring (bicyclic) bond motifs is 1. The Morgan fingerprint density at radius 2 is 2.08 bits per heavy atom. The zero-order valence-electron chi connectivity index (χ0n) is 14.3. The molecule has 1 aliphatic rings. The Morgan fingerprint density at radius 3 is 2.85 bits per heavy atom. The van der Waals surface area contributed by atoms with E-state index in [2.05, 4.69) is 20.3 Å². The van der Waals surface area contributed by atoms with Gasteiger partial charge in [-0.25, -0.2) is 9.50 Å². The molecule has 0 atom stereocenters. The molecule has 0 spiro atoms. The number of hydrogen-bond acceptors (Lipinski definition) is 7. The first-order chi connectivity index (χ1) is 12.7. The Bertz CT molecular complexity index is 938. The summed E-state index contributed by atoms with van der Waals surface area (Å²) in [4.78, 5) is 6.39. The summed E-state index contributed by atoms with van der Waals surface area (Å²) in [7, 11) is 1.73. The predicted molar refractivity (Wildman–Crippen MR) is 102 cm³/mol. The van der Waals surface area contributed by atoms with Gasteiger partial charge in [0.15, 0.2) is 11.5 Å². The van der Waals surface area contributed by atoms with Crippen molar-refractivity contribution >= 4 is 34.3 Å². The first-order valence-corrected chi connectivity index (χ1v) is 8.65. The molecule has 1 fully saturated rings. The number of nitrogens with zero attached hydrogens (tertiary/aromatic N) is 4. The first-order valence-electron chi connectivity index (χ1n) is 8.27. The fraction of sp³-hybridized carbons (Fsp3) is 0.294. The smallest absolute Gasteiger partial charge is 0.173 e. The molecule has 4 heterocycles. The Morgan fingerprint density at radius 1 is 1.27 bits per heavy atom. The molecule has 0 radical (unpaired) electrons. The van der Waals surface area contributed by atoms with E-state index in [1.54, 1.807) is 17.8 Å². The Labute approximate surface area is 155 Å². The highest BCUT2D eigenvalue weighted by molar-refractivity contribution is 6.35. The molecule has 26 heavy (non-hydrogen) atoms. The molecule has 0 bridgehead atoms. The van der Waals surface area contributed by atoms with Crippen molar-refractivity contribution in [3.63, 3.8) is 0 Å². The van der Waals surface area contributed by atoms with Gasteiger partial charge in [-0.15, -0.1) is 0 Å². The number of anilines is 3. The van der Waals surface area contributed by atoms with Crippen molar-refractivity contribution in [3.8, 4) is 11.5 Å². The van der Waals surface area contributed by atoms with Crippen molar-refractivity contribution < 1.29 is 9.47 Å². The number of ether oxygens (including phenoxy) is 2. The lowest BCUT2D eigenvalue weighted by molar-refractivity contribution is 0.122. The third-order valence-corrected chi connectivity index (χ3v) is 4.70. The van der Waals surface area contributed by atoms with E-state index in [-0.39, 0.29) is 0 Å². The monoisotopic (exact) mass is 374 g/mol. The average molecular weight is 375 g/mol. The van der Waals surface area contributed by atoms with Crippen molar-refractivity contribution in [2.45, 2.75) is 0 Å². The van der Waals surface area contributed by atoms with Crippen LogP contribution in [0, 0.1) is 0 Å². The lowest BCUT2D eigenvalue weighted by Crippen LogP contribution is -2.36. The minimum atomic E-state index is 0.319. The van der Waals surface area contributed by atoms with Crippen molar-refractivity contribution in [3.05, 3.63) is 35.7 Å². The number of aromatic nitrogens is 3. The van der Waals surface area contributed by atoms with Crippen LogP contribution in [0.4, 0.5) is 17.2 Å². The number of nitrogens with two attached hydrogens (primary N) is 1. The van der Waals surface area contributed by atoms with E-state index in [0.717, 1.165) is 37.5 Å². The topological polar surface area (TPSA) is 89.9 Å². The lowest BCUT2D eigenvalue weighted by atomic mass is 10.3. The summed E-state index contributed by atoms with van der Waals surface area (Å²) in [5.74, 6) is 1.33. The van der Waals surface area contributed by atoms with E-state index < -0.39 is 0 Å². The van der Waals surface area contributed by atoms with Crippen LogP contribution in [0.3, 0.4) is 0 Å². The number of morpholine rings is 1. The maximum Gasteiger partial charge on any atom is 0.173 e. The van der Waals surface area contributed by atoms with Crippen molar-refractivity contribution in [2.75, 3.05) is 49.3 Å². The fourth-order valence-electron chi connectivity index (χ4n) is 2.96. The summed E-state index contributed by atoms with van der Waals surface area (Å²) in [5, 5.41) is 7.65. The van der Waals surface area contributed by atoms with Crippen molar-refractivity contribution in [1.29, 1.82) is 0 Å². The van der Waals surface area contributed by atoms with Gasteiger partial charge in [-0.3, -0.25) is 0 Å². The van der Waals surface area contributed by atoms with Crippen LogP contribution in [0.1, 0.15) is 0 Å². The molecule has 3 aromatic rings. The van der Waals surface area contributed by atoms with E-state index in [1.165, 1.54) is 6.20 Å². The van der Waals surface area contributed by atoms with Gasteiger partial charge in [0.2, 0.25) is 0 Å². The molecule has 1 aliphatic heterocycles. The number of halogens is 1. The van der Waals surface area contributed by atoms with Gasteiger partial charge in [0.05, 0.1) is 31.3 Å². The molecule has 136 valence electrons. The van der Waals surface area contributed by atoms with Crippen molar-refractivity contribution in [2.24, 2.45) is 0 Å². The molecule has 9 heteroatoms. The summed E-state index contributed by atoms with van der Waals surface area (Å²) in [5.41, 5.74) is 8.30. The summed E-state index contributed by atoms with van der Waals surface area (Å²) in [6, 6.07) is 4.08. The average Bonchev–Trinajstić information content (AvgIpc) is 3.07. The van der Waals surface area contributed by atoms with Crippen LogP contribution in [0.2, 0.25) is 5.02 Å². The van der Waals surface area contributed by atoms with Crippen LogP contribution in [0.25, 0.3) is 5.52 Å². The van der Waals surface area contributed by atoms with Gasteiger partial charge in [-0.05, 0) is 12.1 Å². The second-order valence-corrected chi connectivity index (χ2v) is 6.25. The van der Waals surface area contributed by atoms with Gasteiger partial charge in [0.25, 0.3) is 0 Å². The third kappa shape index (κ3) is 2.97. The highest BCUT2D eigenvalue weighted by atomic mass is 35.5. The van der Waals surface area contributed by atoms with Gasteiger partial charge in [0.1, 0.15) is 16.4 Å². The highest BCUT2D eigenvalue weighted by Crippen LogP contribution is 2.38. The lowest BCUT2D eigenvalue weighted by Gasteiger charge is -2.28. The van der Waals surface area contributed by atoms with Crippen LogP contribution in [-0.4, -0.2) is 47.9 Å². The SMILES string of the molecule is CNc1c(N)ncc(Oc2cnn3ccc(N4CCOCC4)cc23)c1Cl. The third-order valence-electron chi connectivity index (χ3n) is 4.33. The van der Waals surface area contributed by atoms with E-state index in [0.29, 0.717) is 28.0 Å². The molecule has 0 unspecified atom stereocenters. The fourth-order valence-corrected chi connectivity index (χ4v) is 3.24. The normalized spacial score (nSPS) is 14.6. The number of nitrogen functional groups attached to an aromatic ring is 1. The Balaban J connectivity index is 1.69. The number of rotatable bonds is 4. The van der Waals surface area contributed by atoms with E-state index in [1.807, 2.05) is 18.3 Å². The first kappa shape index (κ1) is 16.7. The van der Waals surface area contributed by atoms with Crippen LogP contribution in [-0.2, 0) is 4.74 Å². The molecule has 0 amide bonds. The molecule has 8 nitrogen and oxygen atoms in total. The summed E-state index contributed by atoms with van der Waals surface area (Å²) in [6.45, 7) is 3.18. The van der Waals surface area contributed by atoms with Gasteiger partial charge >= 0.3 is 0 Å². The van der Waals surface area contributed by atoms with Gasteiger partial charge in [0, 0.05) is 32.0 Å². The van der Waals surface area contributed by atoms with Crippen LogP contribution in [0.15, 0.2) is 30.7 Å². The molecule has 3 N–H and O–H groups in total. The van der Waals surface area contributed by atoms with Crippen LogP contribution >= 0.6 is 11.6 Å². The predicted octanol–water partition coefficient (Wildman–Crippen LogP) is 2.64. The Kier molecular flexibility index (Phi) is 4.44. The van der Waals surface area contributed by atoms with Gasteiger partial charge in [-0.2, -0.15) is 5.10 Å². The molecule has 4 rings (SSSR count). The van der Waals surface area contributed by atoms with E-state index in [4.69, 9.17) is 26.8 Å². The van der Waals surface area contributed by atoms with E-state index in [9.17, 15) is 0 Å². The quantitative estimate of drug-likeness (QED) is 0.725. The minimum Gasteiger partial charge on any atom is -0.450 e. The second kappa shape index (κ2) is 6.89. The van der Waals surface area contributed by atoms with Gasteiger partial charge in [-0.1, -0.05) is 11.6 Å². The molecule has 3 aromatic heterocycles. The molecule has 0 aromatic carbocycles. The van der Waals surface area contributed by atoms with E-state index >= 15 is 0 Å². The summed E-state index contributed by atoms with van der Waals surface area (Å²) >= 11 is 6.38. The molecular weight excluding hydrogens is 356 g/mol. The van der Waals surface area contributed by atoms with Gasteiger partial charge < -0.3 is 25.4 Å². The molecule has 0 saturated carbocycles. The number of nitrogens with one attached hydrogen (secondary N) is 1. The van der Waals surface area contributed by atoms with Crippen LogP contribution < -0.4 is 20.7 Å². The summed E-state index contributed by atoms with van der Waals surface area (Å²) < 4.78 is 13.2. The molecule has 0 aliphatic carbocycles. The minimum absolute atomic E-state index is 0.319. The zero-order chi connectivity index (χ0) is 18.1. The number of pyridine rings is 2. The maximum atomic E-state index is 6.38. The Hall–Kier alpha value is -2.71. The standard InChI is InChI=1S/C17H19ClN6O2/c1-20-16-15(18)14(9-21-17(16)19)26-13-10-22-24-3-2-11(8-12(13)24)23-4-6-25-7-5-23/h2-3,8-10,20H,4-7H2,1H3,(H2,19,21). The summed E-state index contributed by atoms with van der Waals surface area (Å²) in [6.07, 6.45) is 5.08. The number of hydrogen-bond donors (Lipinski definition) is 2. The maximum absolute atomic E-state index is 6.38. The highest BCUT2D eigenvalue weighted by Gasteiger charge is 2.16. The van der Waals surface area contributed by atoms with Crippen LogP contribution in [0.5, 0.6) is 11.5 Å². The molecular formula is C17H19ClN6O2.